The number of hydrogen-bond acceptors (Lipinski definition) is 1. The predicted octanol–water partition coefficient (Wildman–Crippen LogP) is 3.78. The molecule has 0 aromatic rings. The minimum absolute atomic E-state index is 0.405. The summed E-state index contributed by atoms with van der Waals surface area (Å²) < 4.78 is 0. The molecule has 0 saturated heterocycles. The third kappa shape index (κ3) is 2.07. The summed E-state index contributed by atoms with van der Waals surface area (Å²) in [5, 5.41) is 10.5. The van der Waals surface area contributed by atoms with Gasteiger partial charge in [0.1, 0.15) is 0 Å². The highest BCUT2D eigenvalue weighted by molar-refractivity contribution is 5.16. The molecule has 0 radical (unpaired) electrons. The van der Waals surface area contributed by atoms with Crippen LogP contribution in [0.15, 0.2) is 11.6 Å². The molecule has 2 aliphatic rings. The first-order chi connectivity index (χ1) is 7.42. The topological polar surface area (TPSA) is 20.2 Å². The first-order valence-electron chi connectivity index (χ1n) is 6.85. The van der Waals surface area contributed by atoms with Crippen LogP contribution in [-0.2, 0) is 0 Å². The third-order valence-corrected chi connectivity index (χ3v) is 4.92. The number of allylic oxidation sites excluding steroid dienone is 1. The highest BCUT2D eigenvalue weighted by atomic mass is 16.3. The summed E-state index contributed by atoms with van der Waals surface area (Å²) in [6.45, 7) is 8.96. The summed E-state index contributed by atoms with van der Waals surface area (Å²) in [4.78, 5) is 0. The third-order valence-electron chi connectivity index (χ3n) is 4.92. The Labute approximate surface area is 99.9 Å². The zero-order valence-electron chi connectivity index (χ0n) is 11.2. The van der Waals surface area contributed by atoms with Crippen LogP contribution in [0.1, 0.15) is 53.4 Å². The molecule has 16 heavy (non-hydrogen) atoms. The molecule has 1 heteroatoms. The lowest BCUT2D eigenvalue weighted by Crippen LogP contribution is -2.31. The van der Waals surface area contributed by atoms with Crippen molar-refractivity contribution in [3.05, 3.63) is 11.6 Å². The summed E-state index contributed by atoms with van der Waals surface area (Å²) in [5.74, 6) is 2.53. The molecule has 0 aromatic heterocycles. The van der Waals surface area contributed by atoms with Crippen LogP contribution in [0.4, 0.5) is 0 Å². The Morgan fingerprint density at radius 3 is 2.69 bits per heavy atom. The van der Waals surface area contributed by atoms with Crippen molar-refractivity contribution < 1.29 is 5.11 Å². The quantitative estimate of drug-likeness (QED) is 0.669. The van der Waals surface area contributed by atoms with E-state index in [1.807, 2.05) is 6.92 Å². The normalized spacial score (nSPS) is 44.1. The summed E-state index contributed by atoms with van der Waals surface area (Å²) in [6, 6.07) is 0. The van der Waals surface area contributed by atoms with Crippen LogP contribution in [0.25, 0.3) is 0 Å². The summed E-state index contributed by atoms with van der Waals surface area (Å²) in [5.41, 5.74) is 1.12. The Balaban J connectivity index is 2.30. The van der Waals surface area contributed by atoms with Crippen molar-refractivity contribution in [3.63, 3.8) is 0 Å². The van der Waals surface area contributed by atoms with E-state index in [1.165, 1.54) is 19.3 Å². The lowest BCUT2D eigenvalue weighted by molar-refractivity contribution is 0.0256. The summed E-state index contributed by atoms with van der Waals surface area (Å²) in [7, 11) is 0. The standard InChI is InChI=1S/C15H26O/c1-10(2)12-6-5-11(3)13-7-8-15(4,16)14(13)9-12/h9-11,13-14,16H,5-8H2,1-4H3/t11-,13+,14+,15-/m1/s1. The van der Waals surface area contributed by atoms with E-state index in [9.17, 15) is 5.11 Å². The molecule has 0 unspecified atom stereocenters. The molecule has 0 aliphatic heterocycles. The van der Waals surface area contributed by atoms with Crippen molar-refractivity contribution in [2.45, 2.75) is 59.0 Å². The Morgan fingerprint density at radius 1 is 1.38 bits per heavy atom. The Kier molecular flexibility index (Phi) is 3.18. The largest absolute Gasteiger partial charge is 0.390 e. The molecule has 1 N–H and O–H groups in total. The number of hydrogen-bond donors (Lipinski definition) is 1. The summed E-state index contributed by atoms with van der Waals surface area (Å²) >= 11 is 0. The monoisotopic (exact) mass is 222 g/mol. The second-order valence-electron chi connectivity index (χ2n) is 6.50. The Bertz CT molecular complexity index is 288. The zero-order chi connectivity index (χ0) is 11.9. The molecule has 1 fully saturated rings. The smallest absolute Gasteiger partial charge is 0.0685 e. The lowest BCUT2D eigenvalue weighted by Gasteiger charge is -2.29. The van der Waals surface area contributed by atoms with Gasteiger partial charge in [0.25, 0.3) is 0 Å². The molecule has 1 nitrogen and oxygen atoms in total. The van der Waals surface area contributed by atoms with Gasteiger partial charge in [0.2, 0.25) is 0 Å². The molecular weight excluding hydrogens is 196 g/mol. The lowest BCUT2D eigenvalue weighted by atomic mass is 9.80. The molecule has 1 saturated carbocycles. The average molecular weight is 222 g/mol. The van der Waals surface area contributed by atoms with Gasteiger partial charge >= 0.3 is 0 Å². The van der Waals surface area contributed by atoms with Crippen molar-refractivity contribution in [1.29, 1.82) is 0 Å². The first kappa shape index (κ1) is 12.2. The van der Waals surface area contributed by atoms with Crippen LogP contribution in [0.5, 0.6) is 0 Å². The molecule has 92 valence electrons. The molecular formula is C15H26O. The zero-order valence-corrected chi connectivity index (χ0v) is 11.2. The Morgan fingerprint density at radius 2 is 2.06 bits per heavy atom. The van der Waals surface area contributed by atoms with Gasteiger partial charge in [-0.1, -0.05) is 32.4 Å². The highest BCUT2D eigenvalue weighted by Crippen LogP contribution is 2.48. The fourth-order valence-corrected chi connectivity index (χ4v) is 3.61. The minimum atomic E-state index is -0.455. The van der Waals surface area contributed by atoms with Gasteiger partial charge in [0, 0.05) is 5.92 Å². The van der Waals surface area contributed by atoms with E-state index in [2.05, 4.69) is 26.8 Å². The van der Waals surface area contributed by atoms with Gasteiger partial charge in [0.05, 0.1) is 5.60 Å². The van der Waals surface area contributed by atoms with Gasteiger partial charge in [-0.2, -0.15) is 0 Å². The van der Waals surface area contributed by atoms with Gasteiger partial charge < -0.3 is 5.11 Å². The van der Waals surface area contributed by atoms with E-state index >= 15 is 0 Å². The molecule has 2 aliphatic carbocycles. The molecule has 0 amide bonds. The van der Waals surface area contributed by atoms with Crippen LogP contribution in [0.3, 0.4) is 0 Å². The van der Waals surface area contributed by atoms with Crippen LogP contribution < -0.4 is 0 Å². The van der Waals surface area contributed by atoms with Gasteiger partial charge in [-0.05, 0) is 50.4 Å². The maximum Gasteiger partial charge on any atom is 0.0685 e. The van der Waals surface area contributed by atoms with Crippen LogP contribution in [0, 0.1) is 23.7 Å². The van der Waals surface area contributed by atoms with E-state index in [1.54, 1.807) is 5.57 Å². The fraction of sp³-hybridized carbons (Fsp3) is 0.867. The van der Waals surface area contributed by atoms with Crippen LogP contribution in [-0.4, -0.2) is 10.7 Å². The van der Waals surface area contributed by atoms with E-state index in [0.717, 1.165) is 12.3 Å². The predicted molar refractivity (Wildman–Crippen MR) is 68.2 cm³/mol. The molecule has 0 bridgehead atoms. The van der Waals surface area contributed by atoms with Gasteiger partial charge in [0.15, 0.2) is 0 Å². The van der Waals surface area contributed by atoms with Crippen molar-refractivity contribution >= 4 is 0 Å². The summed E-state index contributed by atoms with van der Waals surface area (Å²) in [6.07, 6.45) is 7.16. The van der Waals surface area contributed by atoms with Gasteiger partial charge in [-0.3, -0.25) is 0 Å². The molecule has 2 rings (SSSR count). The minimum Gasteiger partial charge on any atom is -0.390 e. The number of aliphatic hydroxyl groups is 1. The van der Waals surface area contributed by atoms with Gasteiger partial charge in [-0.15, -0.1) is 0 Å². The molecule has 4 atom stereocenters. The van der Waals surface area contributed by atoms with Crippen LogP contribution in [0.2, 0.25) is 0 Å². The van der Waals surface area contributed by atoms with E-state index < -0.39 is 5.60 Å². The van der Waals surface area contributed by atoms with Crippen molar-refractivity contribution in [2.24, 2.45) is 23.7 Å². The fourth-order valence-electron chi connectivity index (χ4n) is 3.61. The van der Waals surface area contributed by atoms with Crippen molar-refractivity contribution in [1.82, 2.24) is 0 Å². The average Bonchev–Trinajstić information content (AvgIpc) is 2.38. The van der Waals surface area contributed by atoms with Crippen molar-refractivity contribution in [2.75, 3.05) is 0 Å². The van der Waals surface area contributed by atoms with E-state index in [4.69, 9.17) is 0 Å². The molecule has 0 spiro atoms. The first-order valence-corrected chi connectivity index (χ1v) is 6.85. The van der Waals surface area contributed by atoms with E-state index in [0.29, 0.717) is 17.8 Å². The second kappa shape index (κ2) is 4.18. The number of fused-ring (bicyclic) bond motifs is 1. The maximum atomic E-state index is 10.5. The maximum absolute atomic E-state index is 10.5. The number of rotatable bonds is 1. The van der Waals surface area contributed by atoms with Crippen molar-refractivity contribution in [3.8, 4) is 0 Å². The Hall–Kier alpha value is -0.300. The SMILES string of the molecule is CC(C)C1=C[C@H]2[C@@H](CC[C@@]2(C)O)[C@H](C)CC1. The molecule has 0 aromatic carbocycles. The second-order valence-corrected chi connectivity index (χ2v) is 6.50. The molecule has 0 heterocycles. The highest BCUT2D eigenvalue weighted by Gasteiger charge is 2.45. The van der Waals surface area contributed by atoms with Gasteiger partial charge in [-0.25, -0.2) is 0 Å². The van der Waals surface area contributed by atoms with E-state index in [-0.39, 0.29) is 0 Å². The van der Waals surface area contributed by atoms with Crippen LogP contribution >= 0.6 is 0 Å².